The summed E-state index contributed by atoms with van der Waals surface area (Å²) in [4.78, 5) is 54.3. The number of aromatic hydroxyl groups is 1. The Kier molecular flexibility index (Phi) is 16.1. The summed E-state index contributed by atoms with van der Waals surface area (Å²) in [6, 6.07) is 19.6. The molecule has 46 heavy (non-hydrogen) atoms. The number of nitrogens with zero attached hydrogens (tertiary/aromatic N) is 1. The lowest BCUT2D eigenvalue weighted by Gasteiger charge is -2.31. The van der Waals surface area contributed by atoms with Crippen molar-refractivity contribution in [3.05, 3.63) is 95.6 Å². The van der Waals surface area contributed by atoms with Gasteiger partial charge in [0.15, 0.2) is 0 Å². The highest BCUT2D eigenvalue weighted by molar-refractivity contribution is 7.98. The van der Waals surface area contributed by atoms with Crippen LogP contribution in [0.25, 0.3) is 0 Å². The van der Waals surface area contributed by atoms with Gasteiger partial charge < -0.3 is 31.9 Å². The number of benzene rings is 3. The van der Waals surface area contributed by atoms with Gasteiger partial charge in [0.2, 0.25) is 23.6 Å². The van der Waals surface area contributed by atoms with E-state index in [1.165, 1.54) is 28.8 Å². The molecule has 0 heterocycles. The molecule has 3 atom stereocenters. The molecule has 248 valence electrons. The molecule has 3 aromatic rings. The van der Waals surface area contributed by atoms with Crippen LogP contribution in [0.15, 0.2) is 78.9 Å². The molecule has 3 aromatic carbocycles. The predicted molar refractivity (Wildman–Crippen MR) is 183 cm³/mol. The van der Waals surface area contributed by atoms with Crippen LogP contribution < -0.4 is 26.6 Å². The second-order valence-corrected chi connectivity index (χ2v) is 11.5. The molecule has 0 saturated carbocycles. The standard InChI is InChI=1S/C33H41N5O6S.ClH/c1-35-28(18-23-11-13-26(40)14-12-23)33(44)37-27(15-16-45-2)32(43)36-20-30(41)38(25-10-6-9-24(17-25)21-39)29(31(34)42)19-22-7-4-3-5-8-22;/h3-14,17,27-29,35,39-40H,15-16,18-21H2,1-2H3,(H2,34,42)(H,36,43)(H,37,44);1H/t27-,28+,29+;/m1./s1. The van der Waals surface area contributed by atoms with Gasteiger partial charge in [0.1, 0.15) is 17.8 Å². The fourth-order valence-corrected chi connectivity index (χ4v) is 5.27. The van der Waals surface area contributed by atoms with Crippen molar-refractivity contribution in [2.75, 3.05) is 30.5 Å². The van der Waals surface area contributed by atoms with Crippen molar-refractivity contribution in [1.82, 2.24) is 16.0 Å². The molecule has 0 unspecified atom stereocenters. The van der Waals surface area contributed by atoms with E-state index < -0.39 is 48.3 Å². The SMILES string of the molecule is CN[C@@H](Cc1ccc(O)cc1)C(=O)N[C@H](CCSC)C(=O)NCC(=O)N(c1cccc(CO)c1)[C@@H](Cc1ccccc1)C(N)=O.Cl. The first-order valence-electron chi connectivity index (χ1n) is 14.5. The minimum atomic E-state index is -1.07. The monoisotopic (exact) mass is 671 g/mol. The predicted octanol–water partition coefficient (Wildman–Crippen LogP) is 1.92. The Morgan fingerprint density at radius 1 is 0.870 bits per heavy atom. The molecule has 0 aromatic heterocycles. The van der Waals surface area contributed by atoms with Crippen molar-refractivity contribution < 1.29 is 29.4 Å². The van der Waals surface area contributed by atoms with Crippen LogP contribution in [0.5, 0.6) is 5.75 Å². The van der Waals surface area contributed by atoms with Crippen molar-refractivity contribution in [3.63, 3.8) is 0 Å². The number of nitrogens with one attached hydrogen (secondary N) is 3. The zero-order valence-corrected chi connectivity index (χ0v) is 27.5. The molecule has 11 nitrogen and oxygen atoms in total. The molecule has 0 aliphatic heterocycles. The molecule has 13 heteroatoms. The van der Waals surface area contributed by atoms with E-state index in [1.807, 2.05) is 36.6 Å². The number of amides is 4. The lowest BCUT2D eigenvalue weighted by Crippen LogP contribution is -2.56. The number of anilines is 1. The summed E-state index contributed by atoms with van der Waals surface area (Å²) in [5.74, 6) is -1.56. The molecular formula is C33H42ClN5O6S. The second-order valence-electron chi connectivity index (χ2n) is 10.5. The summed E-state index contributed by atoms with van der Waals surface area (Å²) < 4.78 is 0. The Balaban J connectivity index is 0.00000736. The fourth-order valence-electron chi connectivity index (χ4n) is 4.80. The first kappa shape index (κ1) is 38.1. The lowest BCUT2D eigenvalue weighted by molar-refractivity contribution is -0.131. The van der Waals surface area contributed by atoms with E-state index >= 15 is 0 Å². The largest absolute Gasteiger partial charge is 0.508 e. The number of aliphatic hydroxyl groups excluding tert-OH is 1. The smallest absolute Gasteiger partial charge is 0.247 e. The number of carbonyl (C=O) groups excluding carboxylic acids is 4. The summed E-state index contributed by atoms with van der Waals surface area (Å²) in [6.07, 6.45) is 2.67. The van der Waals surface area contributed by atoms with Crippen LogP contribution in [0, 0.1) is 0 Å². The summed E-state index contributed by atoms with van der Waals surface area (Å²) in [6.45, 7) is -0.737. The molecule has 0 aliphatic rings. The third kappa shape index (κ3) is 11.4. The molecule has 0 radical (unpaired) electrons. The maximum absolute atomic E-state index is 13.7. The Morgan fingerprint density at radius 3 is 2.13 bits per heavy atom. The van der Waals surface area contributed by atoms with E-state index in [9.17, 15) is 29.4 Å². The van der Waals surface area contributed by atoms with Crippen LogP contribution in [0.4, 0.5) is 5.69 Å². The van der Waals surface area contributed by atoms with Gasteiger partial charge in [-0.25, -0.2) is 0 Å². The number of phenolic OH excluding ortho intramolecular Hbond substituents is 1. The quantitative estimate of drug-likeness (QED) is 0.126. The highest BCUT2D eigenvalue weighted by Gasteiger charge is 2.31. The van der Waals surface area contributed by atoms with Crippen LogP contribution in [0.3, 0.4) is 0 Å². The maximum Gasteiger partial charge on any atom is 0.247 e. The highest BCUT2D eigenvalue weighted by Crippen LogP contribution is 2.22. The van der Waals surface area contributed by atoms with Gasteiger partial charge >= 0.3 is 0 Å². The number of phenols is 1. The number of carbonyl (C=O) groups is 4. The van der Waals surface area contributed by atoms with Crippen LogP contribution in [-0.2, 0) is 38.6 Å². The fraction of sp³-hybridized carbons (Fsp3) is 0.333. The Labute approximate surface area is 279 Å². The van der Waals surface area contributed by atoms with Gasteiger partial charge in [0, 0.05) is 12.1 Å². The Morgan fingerprint density at radius 2 is 1.52 bits per heavy atom. The number of hydrogen-bond acceptors (Lipinski definition) is 8. The third-order valence-electron chi connectivity index (χ3n) is 7.25. The Hall–Kier alpha value is -4.10. The zero-order valence-electron chi connectivity index (χ0n) is 25.8. The number of thioether (sulfide) groups is 1. The van der Waals surface area contributed by atoms with Crippen LogP contribution in [0.1, 0.15) is 23.1 Å². The zero-order chi connectivity index (χ0) is 32.8. The van der Waals surface area contributed by atoms with Gasteiger partial charge in [0.05, 0.1) is 19.2 Å². The third-order valence-corrected chi connectivity index (χ3v) is 7.89. The van der Waals surface area contributed by atoms with E-state index in [-0.39, 0.29) is 31.2 Å². The number of primary amides is 1. The van der Waals surface area contributed by atoms with Gasteiger partial charge in [-0.1, -0.05) is 54.6 Å². The number of likely N-dealkylation sites (N-methyl/N-ethyl adjacent to an activating group) is 1. The van der Waals surface area contributed by atoms with Crippen molar-refractivity contribution in [2.24, 2.45) is 5.73 Å². The van der Waals surface area contributed by atoms with Gasteiger partial charge in [-0.05, 0) is 72.9 Å². The van der Waals surface area contributed by atoms with Gasteiger partial charge in [-0.2, -0.15) is 11.8 Å². The average molecular weight is 672 g/mol. The average Bonchev–Trinajstić information content (AvgIpc) is 3.05. The van der Waals surface area contributed by atoms with E-state index in [0.717, 1.165) is 11.1 Å². The topological polar surface area (TPSA) is 174 Å². The van der Waals surface area contributed by atoms with Crippen molar-refractivity contribution in [3.8, 4) is 5.75 Å². The summed E-state index contributed by atoms with van der Waals surface area (Å²) >= 11 is 1.51. The number of hydrogen-bond donors (Lipinski definition) is 6. The highest BCUT2D eigenvalue weighted by atomic mass is 35.5. The van der Waals surface area contributed by atoms with Crippen molar-refractivity contribution >= 4 is 53.5 Å². The van der Waals surface area contributed by atoms with Crippen LogP contribution in [-0.4, -0.2) is 77.6 Å². The number of halogens is 1. The Bertz CT molecular complexity index is 1430. The number of nitrogens with two attached hydrogens (primary N) is 1. The molecule has 0 aliphatic carbocycles. The summed E-state index contributed by atoms with van der Waals surface area (Å²) in [5.41, 5.74) is 8.30. The van der Waals surface area contributed by atoms with Gasteiger partial charge in [0.25, 0.3) is 0 Å². The van der Waals surface area contributed by atoms with Crippen LogP contribution >= 0.6 is 24.2 Å². The number of rotatable bonds is 17. The molecule has 3 rings (SSSR count). The molecule has 4 amide bonds. The molecule has 0 bridgehead atoms. The minimum absolute atomic E-state index is 0. The lowest BCUT2D eigenvalue weighted by atomic mass is 10.0. The van der Waals surface area contributed by atoms with Gasteiger partial charge in [-0.3, -0.25) is 24.1 Å². The molecule has 0 fully saturated rings. The molecule has 7 N–H and O–H groups in total. The summed E-state index contributed by atoms with van der Waals surface area (Å²) in [7, 11) is 1.64. The number of aliphatic hydroxyl groups is 1. The van der Waals surface area contributed by atoms with E-state index in [0.29, 0.717) is 29.8 Å². The second kappa shape index (κ2) is 19.4. The van der Waals surface area contributed by atoms with E-state index in [1.54, 1.807) is 43.4 Å². The molecular weight excluding hydrogens is 630 g/mol. The minimum Gasteiger partial charge on any atom is -0.508 e. The van der Waals surface area contributed by atoms with Crippen molar-refractivity contribution in [2.45, 2.75) is 44.0 Å². The first-order chi connectivity index (χ1) is 21.7. The molecule has 0 spiro atoms. The normalized spacial score (nSPS) is 12.6. The van der Waals surface area contributed by atoms with Crippen molar-refractivity contribution in [1.29, 1.82) is 0 Å². The summed E-state index contributed by atoms with van der Waals surface area (Å²) in [5, 5.41) is 27.7. The van der Waals surface area contributed by atoms with Crippen LogP contribution in [0.2, 0.25) is 0 Å². The molecule has 0 saturated heterocycles. The van der Waals surface area contributed by atoms with E-state index in [2.05, 4.69) is 16.0 Å². The van der Waals surface area contributed by atoms with Gasteiger partial charge in [-0.15, -0.1) is 12.4 Å². The van der Waals surface area contributed by atoms with E-state index in [4.69, 9.17) is 5.73 Å². The first-order valence-corrected chi connectivity index (χ1v) is 15.9. The maximum atomic E-state index is 13.7.